The highest BCUT2D eigenvalue weighted by molar-refractivity contribution is 5.86. The van der Waals surface area contributed by atoms with Crippen LogP contribution in [0.5, 0.6) is 0 Å². The molecule has 5 heteroatoms. The van der Waals surface area contributed by atoms with E-state index in [9.17, 15) is 9.18 Å². The fourth-order valence-electron chi connectivity index (χ4n) is 1.61. The Morgan fingerprint density at radius 2 is 2.06 bits per heavy atom. The molecule has 4 nitrogen and oxygen atoms in total. The maximum Gasteiger partial charge on any atom is 0.354 e. The van der Waals surface area contributed by atoms with Crippen LogP contribution in [0.4, 0.5) is 15.8 Å². The highest BCUT2D eigenvalue weighted by Crippen LogP contribution is 2.25. The number of carboxylic acid groups (broad SMARTS) is 1. The number of carbonyl (C=O) groups is 1. The smallest absolute Gasteiger partial charge is 0.354 e. The number of halogens is 1. The van der Waals surface area contributed by atoms with Crippen LogP contribution in [0.3, 0.4) is 0 Å². The van der Waals surface area contributed by atoms with E-state index in [0.717, 1.165) is 0 Å². The summed E-state index contributed by atoms with van der Waals surface area (Å²) >= 11 is 0. The van der Waals surface area contributed by atoms with Crippen LogP contribution in [-0.4, -0.2) is 23.1 Å². The number of rotatable bonds is 3. The highest BCUT2D eigenvalue weighted by atomic mass is 19.1. The Bertz CT molecular complexity index is 587. The predicted octanol–water partition coefficient (Wildman–Crippen LogP) is 2.69. The fraction of sp³-hybridized carbons (Fsp3) is 0.0769. The van der Waals surface area contributed by atoms with Crippen molar-refractivity contribution in [3.63, 3.8) is 0 Å². The van der Waals surface area contributed by atoms with Gasteiger partial charge in [-0.3, -0.25) is 0 Å². The van der Waals surface area contributed by atoms with Crippen molar-refractivity contribution in [2.24, 2.45) is 0 Å². The molecule has 1 N–H and O–H groups in total. The fourth-order valence-corrected chi connectivity index (χ4v) is 1.61. The molecule has 0 aliphatic rings. The molecular weight excluding hydrogens is 235 g/mol. The summed E-state index contributed by atoms with van der Waals surface area (Å²) in [6.45, 7) is 0. The van der Waals surface area contributed by atoms with E-state index in [1.165, 1.54) is 18.3 Å². The van der Waals surface area contributed by atoms with E-state index in [-0.39, 0.29) is 11.5 Å². The summed E-state index contributed by atoms with van der Waals surface area (Å²) in [6, 6.07) is 9.31. The second kappa shape index (κ2) is 4.83. The van der Waals surface area contributed by atoms with Crippen molar-refractivity contribution in [3.8, 4) is 0 Å². The van der Waals surface area contributed by atoms with E-state index in [4.69, 9.17) is 5.11 Å². The molecule has 2 rings (SSSR count). The third kappa shape index (κ3) is 2.29. The van der Waals surface area contributed by atoms with Gasteiger partial charge in [0.25, 0.3) is 0 Å². The van der Waals surface area contributed by atoms with Gasteiger partial charge in [0.2, 0.25) is 0 Å². The minimum Gasteiger partial charge on any atom is -0.477 e. The summed E-state index contributed by atoms with van der Waals surface area (Å²) < 4.78 is 13.6. The van der Waals surface area contributed by atoms with Crippen LogP contribution < -0.4 is 4.90 Å². The first-order valence-electron chi connectivity index (χ1n) is 5.27. The van der Waals surface area contributed by atoms with E-state index >= 15 is 0 Å². The summed E-state index contributed by atoms with van der Waals surface area (Å²) in [6.07, 6.45) is 1.39. The quantitative estimate of drug-likeness (QED) is 0.904. The minimum absolute atomic E-state index is 0.0734. The lowest BCUT2D eigenvalue weighted by molar-refractivity contribution is 0.0690. The van der Waals surface area contributed by atoms with E-state index < -0.39 is 5.97 Å². The molecule has 0 atom stereocenters. The standard InChI is InChI=1S/C13H11FN2O2/c1-16(12-5-3-2-4-10(12)14)9-6-7-15-11(8-9)13(17)18/h2-8H,1H3,(H,17,18). The first-order chi connectivity index (χ1) is 8.59. The van der Waals surface area contributed by atoms with Crippen molar-refractivity contribution < 1.29 is 14.3 Å². The zero-order valence-electron chi connectivity index (χ0n) is 9.67. The van der Waals surface area contributed by atoms with Crippen molar-refractivity contribution in [3.05, 3.63) is 54.1 Å². The molecule has 2 aromatic rings. The average Bonchev–Trinajstić information content (AvgIpc) is 2.38. The van der Waals surface area contributed by atoms with Gasteiger partial charge in [-0.05, 0) is 24.3 Å². The van der Waals surface area contributed by atoms with Crippen LogP contribution in [0.15, 0.2) is 42.6 Å². The highest BCUT2D eigenvalue weighted by Gasteiger charge is 2.11. The molecule has 1 aromatic carbocycles. The van der Waals surface area contributed by atoms with Gasteiger partial charge in [-0.25, -0.2) is 14.2 Å². The Kier molecular flexibility index (Phi) is 3.23. The summed E-state index contributed by atoms with van der Waals surface area (Å²) in [4.78, 5) is 16.1. The Labute approximate surface area is 103 Å². The molecule has 0 aliphatic carbocycles. The summed E-state index contributed by atoms with van der Waals surface area (Å²) in [5.41, 5.74) is 0.864. The number of pyridine rings is 1. The number of carboxylic acids is 1. The second-order valence-electron chi connectivity index (χ2n) is 3.71. The molecule has 0 spiro atoms. The van der Waals surface area contributed by atoms with Gasteiger partial charge < -0.3 is 10.0 Å². The van der Waals surface area contributed by atoms with Crippen molar-refractivity contribution in [2.45, 2.75) is 0 Å². The molecule has 0 saturated heterocycles. The largest absolute Gasteiger partial charge is 0.477 e. The molecular formula is C13H11FN2O2. The van der Waals surface area contributed by atoms with E-state index in [2.05, 4.69) is 4.98 Å². The zero-order valence-corrected chi connectivity index (χ0v) is 9.67. The first-order valence-corrected chi connectivity index (χ1v) is 5.27. The normalized spacial score (nSPS) is 10.1. The van der Waals surface area contributed by atoms with E-state index in [0.29, 0.717) is 11.4 Å². The Balaban J connectivity index is 2.40. The Morgan fingerprint density at radius 3 is 2.72 bits per heavy atom. The molecule has 0 aliphatic heterocycles. The lowest BCUT2D eigenvalue weighted by Gasteiger charge is -2.20. The summed E-state index contributed by atoms with van der Waals surface area (Å²) in [7, 11) is 1.67. The van der Waals surface area contributed by atoms with E-state index in [1.807, 2.05) is 0 Å². The lowest BCUT2D eigenvalue weighted by Crippen LogP contribution is -2.12. The molecule has 0 fully saturated rings. The summed E-state index contributed by atoms with van der Waals surface area (Å²) in [5.74, 6) is -1.48. The van der Waals surface area contributed by atoms with Crippen molar-refractivity contribution in [1.29, 1.82) is 0 Å². The average molecular weight is 246 g/mol. The third-order valence-corrected chi connectivity index (χ3v) is 2.56. The molecule has 0 radical (unpaired) electrons. The second-order valence-corrected chi connectivity index (χ2v) is 3.71. The number of nitrogens with zero attached hydrogens (tertiary/aromatic N) is 2. The van der Waals surface area contributed by atoms with E-state index in [1.54, 1.807) is 36.2 Å². The van der Waals surface area contributed by atoms with Gasteiger partial charge in [-0.2, -0.15) is 0 Å². The van der Waals surface area contributed by atoms with Crippen LogP contribution in [0, 0.1) is 5.82 Å². The molecule has 0 bridgehead atoms. The van der Waals surface area contributed by atoms with Crippen LogP contribution in [0.25, 0.3) is 0 Å². The van der Waals surface area contributed by atoms with Crippen molar-refractivity contribution in [2.75, 3.05) is 11.9 Å². The monoisotopic (exact) mass is 246 g/mol. The van der Waals surface area contributed by atoms with Gasteiger partial charge in [-0.15, -0.1) is 0 Å². The molecule has 18 heavy (non-hydrogen) atoms. The van der Waals surface area contributed by atoms with Gasteiger partial charge in [0, 0.05) is 18.9 Å². The lowest BCUT2D eigenvalue weighted by atomic mass is 10.2. The topological polar surface area (TPSA) is 53.4 Å². The number of aromatic carboxylic acids is 1. The Hall–Kier alpha value is -2.43. The van der Waals surface area contributed by atoms with Crippen LogP contribution in [0.2, 0.25) is 0 Å². The SMILES string of the molecule is CN(c1ccnc(C(=O)O)c1)c1ccccc1F. The minimum atomic E-state index is -1.11. The van der Waals surface area contributed by atoms with Crippen LogP contribution in [0.1, 0.15) is 10.5 Å². The number of hydrogen-bond donors (Lipinski definition) is 1. The molecule has 0 amide bonds. The van der Waals surface area contributed by atoms with Gasteiger partial charge in [0.15, 0.2) is 0 Å². The maximum absolute atomic E-state index is 13.6. The first kappa shape index (κ1) is 12.0. The van der Waals surface area contributed by atoms with Gasteiger partial charge in [0.05, 0.1) is 5.69 Å². The van der Waals surface area contributed by atoms with Crippen molar-refractivity contribution >= 4 is 17.3 Å². The van der Waals surface area contributed by atoms with Gasteiger partial charge in [-0.1, -0.05) is 12.1 Å². The number of benzene rings is 1. The summed E-state index contributed by atoms with van der Waals surface area (Å²) in [5, 5.41) is 8.86. The number of aromatic nitrogens is 1. The zero-order chi connectivity index (χ0) is 13.1. The molecule has 0 saturated carbocycles. The van der Waals surface area contributed by atoms with Crippen LogP contribution in [-0.2, 0) is 0 Å². The van der Waals surface area contributed by atoms with Crippen molar-refractivity contribution in [1.82, 2.24) is 4.98 Å². The molecule has 1 heterocycles. The number of para-hydroxylation sites is 1. The van der Waals surface area contributed by atoms with Gasteiger partial charge in [0.1, 0.15) is 11.5 Å². The predicted molar refractivity (Wildman–Crippen MR) is 65.7 cm³/mol. The van der Waals surface area contributed by atoms with Crippen LogP contribution >= 0.6 is 0 Å². The Morgan fingerprint density at radius 1 is 1.33 bits per heavy atom. The maximum atomic E-state index is 13.6. The molecule has 1 aromatic heterocycles. The third-order valence-electron chi connectivity index (χ3n) is 2.56. The number of anilines is 2. The molecule has 0 unspecified atom stereocenters. The number of hydrogen-bond acceptors (Lipinski definition) is 3. The molecule has 92 valence electrons. The van der Waals surface area contributed by atoms with Gasteiger partial charge >= 0.3 is 5.97 Å².